The van der Waals surface area contributed by atoms with Gasteiger partial charge in [0, 0.05) is 24.8 Å². The summed E-state index contributed by atoms with van der Waals surface area (Å²) in [6.07, 6.45) is 0. The second kappa shape index (κ2) is 6.75. The van der Waals surface area contributed by atoms with Crippen LogP contribution in [0, 0.1) is 0 Å². The first-order valence-corrected chi connectivity index (χ1v) is 5.47. The minimum atomic E-state index is -0.130. The van der Waals surface area contributed by atoms with Crippen LogP contribution in [0.5, 0.6) is 5.75 Å². The highest BCUT2D eigenvalue weighted by Crippen LogP contribution is 2.13. The van der Waals surface area contributed by atoms with Crippen LogP contribution in [-0.4, -0.2) is 44.6 Å². The second-order valence-corrected chi connectivity index (χ2v) is 4.01. The Kier molecular flexibility index (Phi) is 5.29. The molecule has 1 aromatic rings. The molecular weight excluding hydrogens is 218 g/mol. The van der Waals surface area contributed by atoms with E-state index in [0.29, 0.717) is 18.0 Å². The van der Waals surface area contributed by atoms with Crippen LogP contribution in [-0.2, 0) is 4.79 Å². The third-order valence-electron chi connectivity index (χ3n) is 2.11. The van der Waals surface area contributed by atoms with E-state index in [9.17, 15) is 4.79 Å². The third kappa shape index (κ3) is 5.77. The SMILES string of the molecule is CN(C)CCNC(=O)COc1cccc(N)c1. The zero-order valence-corrected chi connectivity index (χ0v) is 10.3. The lowest BCUT2D eigenvalue weighted by atomic mass is 10.3. The van der Waals surface area contributed by atoms with Gasteiger partial charge in [-0.1, -0.05) is 6.07 Å². The van der Waals surface area contributed by atoms with Crippen molar-refractivity contribution in [1.82, 2.24) is 10.2 Å². The summed E-state index contributed by atoms with van der Waals surface area (Å²) in [6.45, 7) is 1.44. The van der Waals surface area contributed by atoms with Crippen LogP contribution in [0.4, 0.5) is 5.69 Å². The minimum Gasteiger partial charge on any atom is -0.484 e. The first-order valence-electron chi connectivity index (χ1n) is 5.47. The van der Waals surface area contributed by atoms with Gasteiger partial charge in [0.05, 0.1) is 0 Å². The molecule has 17 heavy (non-hydrogen) atoms. The lowest BCUT2D eigenvalue weighted by Gasteiger charge is -2.11. The largest absolute Gasteiger partial charge is 0.484 e. The van der Waals surface area contributed by atoms with E-state index < -0.39 is 0 Å². The van der Waals surface area contributed by atoms with Gasteiger partial charge in [0.25, 0.3) is 5.91 Å². The van der Waals surface area contributed by atoms with E-state index in [1.165, 1.54) is 0 Å². The van der Waals surface area contributed by atoms with E-state index in [0.717, 1.165) is 6.54 Å². The number of rotatable bonds is 6. The number of benzene rings is 1. The highest BCUT2D eigenvalue weighted by Gasteiger charge is 2.02. The third-order valence-corrected chi connectivity index (χ3v) is 2.11. The van der Waals surface area contributed by atoms with Gasteiger partial charge in [-0.3, -0.25) is 4.79 Å². The fourth-order valence-electron chi connectivity index (χ4n) is 1.22. The number of nitrogens with zero attached hydrogens (tertiary/aromatic N) is 1. The molecule has 1 aromatic carbocycles. The van der Waals surface area contributed by atoms with Gasteiger partial charge in [-0.25, -0.2) is 0 Å². The Hall–Kier alpha value is -1.75. The minimum absolute atomic E-state index is 0.0108. The molecule has 0 spiro atoms. The molecule has 0 heterocycles. The average Bonchev–Trinajstić information content (AvgIpc) is 2.26. The lowest BCUT2D eigenvalue weighted by molar-refractivity contribution is -0.123. The summed E-state index contributed by atoms with van der Waals surface area (Å²) >= 11 is 0. The van der Waals surface area contributed by atoms with Gasteiger partial charge in [-0.05, 0) is 26.2 Å². The summed E-state index contributed by atoms with van der Waals surface area (Å²) in [5.74, 6) is 0.474. The predicted octanol–water partition coefficient (Wildman–Crippen LogP) is 0.325. The van der Waals surface area contributed by atoms with E-state index in [1.807, 2.05) is 19.0 Å². The molecule has 0 fully saturated rings. The molecule has 0 radical (unpaired) electrons. The Balaban J connectivity index is 2.24. The van der Waals surface area contributed by atoms with Crippen LogP contribution in [0.3, 0.4) is 0 Å². The Bertz CT molecular complexity index is 367. The summed E-state index contributed by atoms with van der Waals surface area (Å²) in [5.41, 5.74) is 6.21. The quantitative estimate of drug-likeness (QED) is 0.699. The first-order chi connectivity index (χ1) is 8.08. The zero-order chi connectivity index (χ0) is 12.7. The Morgan fingerprint density at radius 1 is 1.47 bits per heavy atom. The van der Waals surface area contributed by atoms with Gasteiger partial charge in [-0.2, -0.15) is 0 Å². The number of carbonyl (C=O) groups excluding carboxylic acids is 1. The van der Waals surface area contributed by atoms with Crippen molar-refractivity contribution >= 4 is 11.6 Å². The number of anilines is 1. The number of amides is 1. The molecule has 0 aromatic heterocycles. The molecule has 1 amide bonds. The number of nitrogen functional groups attached to an aromatic ring is 1. The summed E-state index contributed by atoms with van der Waals surface area (Å²) in [4.78, 5) is 13.4. The van der Waals surface area contributed by atoms with Gasteiger partial charge in [-0.15, -0.1) is 0 Å². The van der Waals surface area contributed by atoms with Gasteiger partial charge in [0.1, 0.15) is 5.75 Å². The molecule has 0 unspecified atom stereocenters. The molecule has 1 rings (SSSR count). The number of hydrogen-bond acceptors (Lipinski definition) is 4. The Labute approximate surface area is 102 Å². The van der Waals surface area contributed by atoms with E-state index in [-0.39, 0.29) is 12.5 Å². The normalized spacial score (nSPS) is 10.3. The van der Waals surface area contributed by atoms with Crippen LogP contribution < -0.4 is 15.8 Å². The van der Waals surface area contributed by atoms with Crippen molar-refractivity contribution in [3.63, 3.8) is 0 Å². The molecule has 94 valence electrons. The van der Waals surface area contributed by atoms with E-state index in [2.05, 4.69) is 5.32 Å². The van der Waals surface area contributed by atoms with Crippen LogP contribution >= 0.6 is 0 Å². The summed E-state index contributed by atoms with van der Waals surface area (Å²) in [7, 11) is 3.91. The van der Waals surface area contributed by atoms with Crippen LogP contribution in [0.1, 0.15) is 0 Å². The van der Waals surface area contributed by atoms with Gasteiger partial charge < -0.3 is 20.7 Å². The molecule has 5 heteroatoms. The van der Waals surface area contributed by atoms with Crippen molar-refractivity contribution < 1.29 is 9.53 Å². The van der Waals surface area contributed by atoms with Crippen molar-refractivity contribution in [2.75, 3.05) is 39.5 Å². The van der Waals surface area contributed by atoms with E-state index in [1.54, 1.807) is 24.3 Å². The Morgan fingerprint density at radius 2 is 2.24 bits per heavy atom. The number of carbonyl (C=O) groups is 1. The maximum atomic E-state index is 11.4. The summed E-state index contributed by atoms with van der Waals surface area (Å²) < 4.78 is 5.30. The number of likely N-dealkylation sites (N-methyl/N-ethyl adjacent to an activating group) is 1. The fourth-order valence-corrected chi connectivity index (χ4v) is 1.22. The molecule has 0 aliphatic carbocycles. The second-order valence-electron chi connectivity index (χ2n) is 4.01. The van der Waals surface area contributed by atoms with E-state index in [4.69, 9.17) is 10.5 Å². The topological polar surface area (TPSA) is 67.6 Å². The van der Waals surface area contributed by atoms with Crippen molar-refractivity contribution in [2.24, 2.45) is 0 Å². The molecule has 3 N–H and O–H groups in total. The summed E-state index contributed by atoms with van der Waals surface area (Å²) in [5, 5.41) is 2.76. The number of hydrogen-bond donors (Lipinski definition) is 2. The van der Waals surface area contributed by atoms with Crippen LogP contribution in [0.15, 0.2) is 24.3 Å². The molecule has 0 aliphatic rings. The number of nitrogens with two attached hydrogens (primary N) is 1. The fraction of sp³-hybridized carbons (Fsp3) is 0.417. The van der Waals surface area contributed by atoms with E-state index >= 15 is 0 Å². The number of ether oxygens (including phenoxy) is 1. The van der Waals surface area contributed by atoms with Crippen molar-refractivity contribution in [2.45, 2.75) is 0 Å². The van der Waals surface area contributed by atoms with Crippen LogP contribution in [0.25, 0.3) is 0 Å². The van der Waals surface area contributed by atoms with Gasteiger partial charge in [0.15, 0.2) is 6.61 Å². The standard InChI is InChI=1S/C12H19N3O2/c1-15(2)7-6-14-12(16)9-17-11-5-3-4-10(13)8-11/h3-5,8H,6-7,9,13H2,1-2H3,(H,14,16). The highest BCUT2D eigenvalue weighted by molar-refractivity contribution is 5.77. The van der Waals surface area contributed by atoms with Crippen LogP contribution in [0.2, 0.25) is 0 Å². The first kappa shape index (κ1) is 13.3. The highest BCUT2D eigenvalue weighted by atomic mass is 16.5. The maximum absolute atomic E-state index is 11.4. The van der Waals surface area contributed by atoms with Crippen molar-refractivity contribution in [3.8, 4) is 5.75 Å². The summed E-state index contributed by atoms with van der Waals surface area (Å²) in [6, 6.07) is 7.01. The smallest absolute Gasteiger partial charge is 0.257 e. The zero-order valence-electron chi connectivity index (χ0n) is 10.3. The average molecular weight is 237 g/mol. The Morgan fingerprint density at radius 3 is 2.88 bits per heavy atom. The molecule has 0 saturated heterocycles. The maximum Gasteiger partial charge on any atom is 0.257 e. The predicted molar refractivity (Wildman–Crippen MR) is 67.9 cm³/mol. The molecule has 0 aliphatic heterocycles. The molecule has 0 bridgehead atoms. The van der Waals surface area contributed by atoms with Gasteiger partial charge >= 0.3 is 0 Å². The molecule has 5 nitrogen and oxygen atoms in total. The van der Waals surface area contributed by atoms with Crippen molar-refractivity contribution in [1.29, 1.82) is 0 Å². The molecular formula is C12H19N3O2. The number of nitrogens with one attached hydrogen (secondary N) is 1. The molecule has 0 saturated carbocycles. The monoisotopic (exact) mass is 237 g/mol. The lowest BCUT2D eigenvalue weighted by Crippen LogP contribution is -2.34. The van der Waals surface area contributed by atoms with Crippen molar-refractivity contribution in [3.05, 3.63) is 24.3 Å². The van der Waals surface area contributed by atoms with Gasteiger partial charge in [0.2, 0.25) is 0 Å². The molecule has 0 atom stereocenters.